The molecule has 0 aromatic carbocycles. The van der Waals surface area contributed by atoms with Crippen molar-refractivity contribution in [2.75, 3.05) is 0 Å². The smallest absolute Gasteiger partial charge is 0.367 e. The minimum absolute atomic E-state index is 0.00428. The lowest BCUT2D eigenvalue weighted by molar-refractivity contribution is 0.128. The molecule has 0 radical (unpaired) electrons. The first kappa shape index (κ1) is 19.4. The number of nitrogens with zero attached hydrogens (tertiary/aromatic N) is 3. The van der Waals surface area contributed by atoms with Crippen LogP contribution in [0, 0.1) is 0 Å². The third-order valence-electron chi connectivity index (χ3n) is 5.41. The summed E-state index contributed by atoms with van der Waals surface area (Å²) < 4.78 is 18.1. The van der Waals surface area contributed by atoms with Crippen molar-refractivity contribution in [1.82, 2.24) is 20.1 Å². The number of aromatic nitrogens is 3. The van der Waals surface area contributed by atoms with E-state index in [0.717, 1.165) is 44.3 Å². The van der Waals surface area contributed by atoms with E-state index in [1.54, 1.807) is 19.6 Å². The van der Waals surface area contributed by atoms with E-state index in [0.29, 0.717) is 11.9 Å². The third kappa shape index (κ3) is 4.95. The molecule has 29 heavy (non-hydrogen) atoms. The first-order valence-electron chi connectivity index (χ1n) is 10.0. The summed E-state index contributed by atoms with van der Waals surface area (Å²) in [6.45, 7) is 0. The van der Waals surface area contributed by atoms with E-state index in [9.17, 15) is 4.79 Å². The van der Waals surface area contributed by atoms with Crippen molar-refractivity contribution in [2.45, 2.75) is 56.7 Å². The highest BCUT2D eigenvalue weighted by Gasteiger charge is 2.29. The van der Waals surface area contributed by atoms with E-state index >= 15 is 0 Å². The van der Waals surface area contributed by atoms with Gasteiger partial charge in [0.2, 0.25) is 5.88 Å². The van der Waals surface area contributed by atoms with Crippen LogP contribution in [0.2, 0.25) is 0 Å². The fourth-order valence-electron chi connectivity index (χ4n) is 3.83. The molecule has 2 heterocycles. The van der Waals surface area contributed by atoms with Crippen molar-refractivity contribution in [3.63, 3.8) is 0 Å². The zero-order chi connectivity index (χ0) is 20.1. The van der Waals surface area contributed by atoms with E-state index < -0.39 is 5.69 Å². The quantitative estimate of drug-likeness (QED) is 0.787. The Kier molecular flexibility index (Phi) is 6.09. The molecule has 1 fully saturated rings. The van der Waals surface area contributed by atoms with E-state index in [1.165, 1.54) is 22.7 Å². The first-order valence-corrected chi connectivity index (χ1v) is 10.0. The van der Waals surface area contributed by atoms with Crippen LogP contribution in [0.5, 0.6) is 5.88 Å². The standard InChI is InChI=1S/C21H26N4O4/c1-25-21(26)24-19(13-22-25)29-17-9-7-16(8-10-17)23-20(15-5-3-2-4-6-15)18-14-27-11-12-28-18/h2-3,5,11-14,16-17,20,23H,4,6-10H2,1H3. The number of rotatable bonds is 6. The summed E-state index contributed by atoms with van der Waals surface area (Å²) in [5.41, 5.74) is 0.888. The van der Waals surface area contributed by atoms with E-state index in [4.69, 9.17) is 14.2 Å². The van der Waals surface area contributed by atoms with Crippen LogP contribution in [0.15, 0.2) is 59.3 Å². The molecule has 3 aliphatic rings. The number of aryl methyl sites for hydroxylation is 1. The van der Waals surface area contributed by atoms with Crippen molar-refractivity contribution in [2.24, 2.45) is 7.05 Å². The number of allylic oxidation sites excluding steroid dienone is 3. The highest BCUT2D eigenvalue weighted by molar-refractivity contribution is 5.29. The second kappa shape index (κ2) is 9.09. The Morgan fingerprint density at radius 2 is 2.14 bits per heavy atom. The maximum atomic E-state index is 11.6. The van der Waals surface area contributed by atoms with Gasteiger partial charge in [-0.05, 0) is 44.1 Å². The molecule has 1 N–H and O–H groups in total. The summed E-state index contributed by atoms with van der Waals surface area (Å²) in [5, 5.41) is 7.71. The lowest BCUT2D eigenvalue weighted by Crippen LogP contribution is -2.44. The minimum atomic E-state index is -0.410. The van der Waals surface area contributed by atoms with Gasteiger partial charge in [-0.15, -0.1) is 0 Å². The molecular formula is C21H26N4O4. The van der Waals surface area contributed by atoms with Crippen molar-refractivity contribution in [1.29, 1.82) is 0 Å². The molecule has 4 rings (SSSR count). The third-order valence-corrected chi connectivity index (χ3v) is 5.41. The van der Waals surface area contributed by atoms with Gasteiger partial charge in [0.1, 0.15) is 31.1 Å². The van der Waals surface area contributed by atoms with Gasteiger partial charge >= 0.3 is 5.69 Å². The van der Waals surface area contributed by atoms with Crippen LogP contribution in [0.4, 0.5) is 0 Å². The van der Waals surface area contributed by atoms with Gasteiger partial charge in [0.05, 0.1) is 6.04 Å². The Labute approximate surface area is 169 Å². The normalized spacial score (nSPS) is 24.7. The Bertz CT molecular complexity index is 894. The van der Waals surface area contributed by atoms with Crippen molar-refractivity contribution < 1.29 is 14.2 Å². The van der Waals surface area contributed by atoms with Gasteiger partial charge in [0.15, 0.2) is 5.76 Å². The zero-order valence-corrected chi connectivity index (χ0v) is 16.5. The number of ether oxygens (including phenoxy) is 3. The van der Waals surface area contributed by atoms with Gasteiger partial charge in [-0.25, -0.2) is 9.48 Å². The molecule has 8 nitrogen and oxygen atoms in total. The molecule has 0 bridgehead atoms. The van der Waals surface area contributed by atoms with Crippen molar-refractivity contribution >= 4 is 0 Å². The molecule has 0 amide bonds. The first-order chi connectivity index (χ1) is 14.2. The average molecular weight is 398 g/mol. The fraction of sp³-hybridized carbons (Fsp3) is 0.476. The van der Waals surface area contributed by atoms with Crippen LogP contribution in [0.3, 0.4) is 0 Å². The summed E-state index contributed by atoms with van der Waals surface area (Å²) in [6, 6.07) is 0.340. The molecule has 154 valence electrons. The molecule has 1 aliphatic heterocycles. The van der Waals surface area contributed by atoms with Crippen LogP contribution in [-0.2, 0) is 16.5 Å². The van der Waals surface area contributed by atoms with Gasteiger partial charge in [-0.1, -0.05) is 18.2 Å². The SMILES string of the molecule is Cn1ncc(OC2CCC(NC(C3=CC=CCC3)C3=COC=CO3)CC2)nc1=O. The maximum absolute atomic E-state index is 11.6. The lowest BCUT2D eigenvalue weighted by atomic mass is 9.90. The van der Waals surface area contributed by atoms with Gasteiger partial charge in [-0.2, -0.15) is 10.1 Å². The summed E-state index contributed by atoms with van der Waals surface area (Å²) in [5.74, 6) is 1.08. The predicted octanol–water partition coefficient (Wildman–Crippen LogP) is 2.46. The van der Waals surface area contributed by atoms with E-state index in [1.807, 2.05) is 0 Å². The molecule has 1 atom stereocenters. The Morgan fingerprint density at radius 3 is 2.83 bits per heavy atom. The molecular weight excluding hydrogens is 372 g/mol. The number of hydrogen-bond donors (Lipinski definition) is 1. The fourth-order valence-corrected chi connectivity index (χ4v) is 3.83. The van der Waals surface area contributed by atoms with Crippen LogP contribution in [0.25, 0.3) is 0 Å². The molecule has 1 aromatic rings. The summed E-state index contributed by atoms with van der Waals surface area (Å²) in [7, 11) is 1.57. The second-order valence-electron chi connectivity index (χ2n) is 7.45. The maximum Gasteiger partial charge on any atom is 0.367 e. The highest BCUT2D eigenvalue weighted by Crippen LogP contribution is 2.27. The minimum Gasteiger partial charge on any atom is -0.473 e. The summed E-state index contributed by atoms with van der Waals surface area (Å²) in [4.78, 5) is 15.5. The van der Waals surface area contributed by atoms with Crippen LogP contribution in [-0.4, -0.2) is 33.0 Å². The second-order valence-corrected chi connectivity index (χ2v) is 7.45. The lowest BCUT2D eigenvalue weighted by Gasteiger charge is -2.34. The molecule has 1 unspecified atom stereocenters. The number of nitrogens with one attached hydrogen (secondary N) is 1. The summed E-state index contributed by atoms with van der Waals surface area (Å²) in [6.07, 6.45) is 18.5. The van der Waals surface area contributed by atoms with E-state index in [2.05, 4.69) is 33.6 Å². The Hall–Kier alpha value is -2.87. The number of hydrogen-bond acceptors (Lipinski definition) is 7. The largest absolute Gasteiger partial charge is 0.473 e. The molecule has 0 saturated heterocycles. The highest BCUT2D eigenvalue weighted by atomic mass is 16.5. The van der Waals surface area contributed by atoms with Gasteiger partial charge in [0.25, 0.3) is 0 Å². The predicted molar refractivity (Wildman–Crippen MR) is 107 cm³/mol. The van der Waals surface area contributed by atoms with E-state index in [-0.39, 0.29) is 12.1 Å². The molecule has 0 spiro atoms. The Morgan fingerprint density at radius 1 is 1.28 bits per heavy atom. The molecule has 1 aromatic heterocycles. The molecule has 1 saturated carbocycles. The molecule has 8 heteroatoms. The van der Waals surface area contributed by atoms with Crippen LogP contribution in [0.1, 0.15) is 38.5 Å². The van der Waals surface area contributed by atoms with Crippen LogP contribution >= 0.6 is 0 Å². The van der Waals surface area contributed by atoms with Crippen LogP contribution < -0.4 is 15.7 Å². The summed E-state index contributed by atoms with van der Waals surface area (Å²) >= 11 is 0. The Balaban J connectivity index is 1.35. The van der Waals surface area contributed by atoms with Crippen molar-refractivity contribution in [3.8, 4) is 5.88 Å². The molecule has 2 aliphatic carbocycles. The monoisotopic (exact) mass is 398 g/mol. The van der Waals surface area contributed by atoms with Gasteiger partial charge in [-0.3, -0.25) is 0 Å². The van der Waals surface area contributed by atoms with Gasteiger partial charge in [0, 0.05) is 13.1 Å². The van der Waals surface area contributed by atoms with Gasteiger partial charge < -0.3 is 19.5 Å². The van der Waals surface area contributed by atoms with Crippen molar-refractivity contribution in [3.05, 3.63) is 65.0 Å². The average Bonchev–Trinajstić information content (AvgIpc) is 2.77. The topological polar surface area (TPSA) is 87.5 Å². The zero-order valence-electron chi connectivity index (χ0n) is 16.5.